The van der Waals surface area contributed by atoms with Crippen LogP contribution in [0.4, 0.5) is 22.7 Å². The Labute approximate surface area is 474 Å². The van der Waals surface area contributed by atoms with Crippen LogP contribution in [0, 0.1) is 75.0 Å². The fraction of sp³-hybridized carbons (Fsp3) is 0.373. The molecule has 9 aromatic rings. The van der Waals surface area contributed by atoms with Gasteiger partial charge in [-0.15, -0.1) is 0 Å². The SMILES string of the molecule is Cc1cccc(C2(c3cccc(C4(c5cccc(C)c5C)C5CC6CC(C5)CC4C6)c3Nc3ccccc3Nc3cccc(Oc4ccc5c6ccccc6n(-c6cc(C(C)(C)C)ccn6)c5c4)c3)C3CC4CC(C3)CC2C4)c1C. The van der Waals surface area contributed by atoms with Gasteiger partial charge in [-0.3, -0.25) is 4.57 Å². The summed E-state index contributed by atoms with van der Waals surface area (Å²) in [6, 6.07) is 59.4. The molecule has 2 heterocycles. The van der Waals surface area contributed by atoms with Crippen LogP contribution in [-0.4, -0.2) is 9.55 Å². The molecule has 0 radical (unpaired) electrons. The van der Waals surface area contributed by atoms with E-state index in [1.165, 1.54) is 108 Å². The number of anilines is 4. The molecule has 0 spiro atoms. The van der Waals surface area contributed by atoms with E-state index in [2.05, 4.69) is 221 Å². The topological polar surface area (TPSA) is 51.1 Å². The van der Waals surface area contributed by atoms with Crippen LogP contribution >= 0.6 is 0 Å². The van der Waals surface area contributed by atoms with E-state index in [-0.39, 0.29) is 16.2 Å². The van der Waals surface area contributed by atoms with E-state index in [1.807, 2.05) is 6.20 Å². The lowest BCUT2D eigenvalue weighted by Gasteiger charge is -2.64. The molecule has 0 saturated heterocycles. The third kappa shape index (κ3) is 7.71. The number of hydrogen-bond acceptors (Lipinski definition) is 4. The van der Waals surface area contributed by atoms with E-state index in [4.69, 9.17) is 9.72 Å². The van der Waals surface area contributed by atoms with Gasteiger partial charge in [0.25, 0.3) is 0 Å². The maximum atomic E-state index is 6.87. The van der Waals surface area contributed by atoms with Crippen molar-refractivity contribution in [1.82, 2.24) is 9.55 Å². The van der Waals surface area contributed by atoms with Crippen molar-refractivity contribution in [3.8, 4) is 17.3 Å². The summed E-state index contributed by atoms with van der Waals surface area (Å²) in [5, 5.41) is 10.9. The maximum Gasteiger partial charge on any atom is 0.137 e. The van der Waals surface area contributed by atoms with Gasteiger partial charge in [0.15, 0.2) is 0 Å². The summed E-state index contributed by atoms with van der Waals surface area (Å²) >= 11 is 0. The number of aryl methyl sites for hydroxylation is 2. The lowest BCUT2D eigenvalue weighted by atomic mass is 9.40. The number of hydrogen-bond donors (Lipinski definition) is 2. The maximum absolute atomic E-state index is 6.87. The van der Waals surface area contributed by atoms with Gasteiger partial charge in [0.2, 0.25) is 0 Å². The number of fused-ring (bicyclic) bond motifs is 3. The van der Waals surface area contributed by atoms with Crippen molar-refractivity contribution < 1.29 is 4.74 Å². The molecule has 2 aromatic heterocycles. The molecule has 5 nitrogen and oxygen atoms in total. The molecular weight excluding hydrogens is 973 g/mol. The van der Waals surface area contributed by atoms with Gasteiger partial charge in [0, 0.05) is 51.3 Å². The molecule has 8 fully saturated rings. The Bertz CT molecular complexity index is 3730. The molecular formula is C75H78N4O. The van der Waals surface area contributed by atoms with Crippen LogP contribution in [0.15, 0.2) is 164 Å². The highest BCUT2D eigenvalue weighted by Gasteiger charge is 2.63. The first-order valence-corrected chi connectivity index (χ1v) is 30.5. The largest absolute Gasteiger partial charge is 0.457 e. The van der Waals surface area contributed by atoms with Crippen LogP contribution in [0.3, 0.4) is 0 Å². The standard InChI is InChI=1S/C75H78N4O/c1-45-16-12-21-63(47(45)3)74(54-34-49-32-50(36-54)37-55(74)35-49)65-23-15-24-66(75(64-22-13-17-46(2)48(64)4)56-38-51-33-52(40-56)41-57(75)39-51)72(65)78-68-26-10-9-25-67(68)77-58-18-14-19-59(43-58)80-60-28-29-62-61-20-8-11-27-69(61)79(70(62)44-60)71-42-53(30-31-76-71)73(5,6)7/h8-31,42-44,49-52,54-57,77-78H,32-41H2,1-7H3. The van der Waals surface area contributed by atoms with E-state index < -0.39 is 0 Å². The molecule has 0 atom stereocenters. The van der Waals surface area contributed by atoms with Crippen LogP contribution in [0.1, 0.15) is 135 Å². The lowest BCUT2D eigenvalue weighted by Crippen LogP contribution is -2.58. The molecule has 2 N–H and O–H groups in total. The second-order valence-electron chi connectivity index (χ2n) is 27.2. The Morgan fingerprint density at radius 1 is 0.463 bits per heavy atom. The second kappa shape index (κ2) is 18.7. The Balaban J connectivity index is 0.856. The van der Waals surface area contributed by atoms with Gasteiger partial charge in [0.05, 0.1) is 22.4 Å². The van der Waals surface area contributed by atoms with Gasteiger partial charge in [0.1, 0.15) is 17.3 Å². The van der Waals surface area contributed by atoms with E-state index >= 15 is 0 Å². The number of rotatable bonds is 11. The van der Waals surface area contributed by atoms with E-state index in [0.717, 1.165) is 69.1 Å². The zero-order valence-corrected chi connectivity index (χ0v) is 48.1. The first-order chi connectivity index (χ1) is 38.8. The minimum Gasteiger partial charge on any atom is -0.457 e. The summed E-state index contributed by atoms with van der Waals surface area (Å²) in [5.74, 6) is 8.22. The predicted molar refractivity (Wildman–Crippen MR) is 331 cm³/mol. The summed E-state index contributed by atoms with van der Waals surface area (Å²) in [7, 11) is 0. The van der Waals surface area contributed by atoms with Crippen LogP contribution in [-0.2, 0) is 16.2 Å². The smallest absolute Gasteiger partial charge is 0.137 e. The molecule has 8 saturated carbocycles. The quantitative estimate of drug-likeness (QED) is 0.136. The molecule has 80 heavy (non-hydrogen) atoms. The zero-order chi connectivity index (χ0) is 54.2. The van der Waals surface area contributed by atoms with E-state index in [9.17, 15) is 0 Å². The lowest BCUT2D eigenvalue weighted by molar-refractivity contribution is -0.0444. The Kier molecular flexibility index (Phi) is 11.7. The van der Waals surface area contributed by atoms with Crippen molar-refractivity contribution in [2.75, 3.05) is 10.6 Å². The monoisotopic (exact) mass is 1050 g/mol. The first kappa shape index (κ1) is 49.9. The average Bonchev–Trinajstić information content (AvgIpc) is 3.93. The number of ether oxygens (including phenoxy) is 1. The summed E-state index contributed by atoms with van der Waals surface area (Å²) in [4.78, 5) is 4.94. The summed E-state index contributed by atoms with van der Waals surface area (Å²) in [6.07, 6.45) is 15.4. The van der Waals surface area contributed by atoms with Gasteiger partial charge in [-0.1, -0.05) is 112 Å². The van der Waals surface area contributed by atoms with Crippen molar-refractivity contribution in [1.29, 1.82) is 0 Å². The van der Waals surface area contributed by atoms with Crippen molar-refractivity contribution in [3.63, 3.8) is 0 Å². The highest BCUT2D eigenvalue weighted by atomic mass is 16.5. The normalized spacial score (nSPS) is 27.3. The number of nitrogens with one attached hydrogen (secondary N) is 2. The van der Waals surface area contributed by atoms with Gasteiger partial charge in [-0.2, -0.15) is 0 Å². The molecule has 17 rings (SSSR count). The molecule has 5 heteroatoms. The Hall–Kier alpha value is -7.11. The number of para-hydroxylation sites is 4. The van der Waals surface area contributed by atoms with Crippen LogP contribution in [0.2, 0.25) is 0 Å². The van der Waals surface area contributed by atoms with Crippen molar-refractivity contribution in [3.05, 3.63) is 214 Å². The number of aromatic nitrogens is 2. The molecule has 0 amide bonds. The van der Waals surface area contributed by atoms with Crippen LogP contribution in [0.5, 0.6) is 11.5 Å². The van der Waals surface area contributed by atoms with Crippen molar-refractivity contribution in [2.45, 2.75) is 129 Å². The van der Waals surface area contributed by atoms with Gasteiger partial charge in [-0.25, -0.2) is 4.98 Å². The molecule has 0 aliphatic heterocycles. The van der Waals surface area contributed by atoms with Crippen molar-refractivity contribution >= 4 is 44.6 Å². The molecule has 7 aromatic carbocycles. The van der Waals surface area contributed by atoms with Gasteiger partial charge >= 0.3 is 0 Å². The number of pyridine rings is 1. The third-order valence-electron chi connectivity index (χ3n) is 21.9. The average molecular weight is 1050 g/mol. The molecule has 0 unspecified atom stereocenters. The molecule has 8 bridgehead atoms. The highest BCUT2D eigenvalue weighted by Crippen LogP contribution is 2.70. The van der Waals surface area contributed by atoms with Gasteiger partial charge < -0.3 is 15.4 Å². The van der Waals surface area contributed by atoms with E-state index in [1.54, 1.807) is 22.3 Å². The Morgan fingerprint density at radius 2 is 0.963 bits per heavy atom. The second-order valence-corrected chi connectivity index (χ2v) is 27.2. The molecule has 8 aliphatic rings. The number of benzene rings is 7. The summed E-state index contributed by atoms with van der Waals surface area (Å²) in [6.45, 7) is 16.4. The Morgan fingerprint density at radius 3 is 1.55 bits per heavy atom. The molecule has 404 valence electrons. The van der Waals surface area contributed by atoms with Crippen LogP contribution in [0.25, 0.3) is 27.6 Å². The predicted octanol–water partition coefficient (Wildman–Crippen LogP) is 19.5. The van der Waals surface area contributed by atoms with Gasteiger partial charge in [-0.05, 0) is 249 Å². The zero-order valence-electron chi connectivity index (χ0n) is 48.1. The fourth-order valence-corrected chi connectivity index (χ4v) is 18.7. The van der Waals surface area contributed by atoms with Crippen LogP contribution < -0.4 is 15.4 Å². The fourth-order valence-electron chi connectivity index (χ4n) is 18.7. The third-order valence-corrected chi connectivity index (χ3v) is 21.9. The highest BCUT2D eigenvalue weighted by molar-refractivity contribution is 6.09. The van der Waals surface area contributed by atoms with E-state index in [0.29, 0.717) is 23.7 Å². The van der Waals surface area contributed by atoms with Crippen molar-refractivity contribution in [2.24, 2.45) is 47.3 Å². The summed E-state index contributed by atoms with van der Waals surface area (Å²) < 4.78 is 9.16. The number of nitrogens with zero attached hydrogens (tertiary/aromatic N) is 2. The first-order valence-electron chi connectivity index (χ1n) is 30.5. The minimum atomic E-state index is -0.102. The summed E-state index contributed by atoms with van der Waals surface area (Å²) in [5.41, 5.74) is 19.8. The minimum absolute atomic E-state index is 0.0101. The molecule has 8 aliphatic carbocycles.